The zero-order chi connectivity index (χ0) is 21.0. The molecule has 0 bridgehead atoms. The molecule has 2 aliphatic rings. The van der Waals surface area contributed by atoms with Crippen molar-refractivity contribution in [3.63, 3.8) is 0 Å². The Kier molecular flexibility index (Phi) is 16.9. The maximum absolute atomic E-state index is 3.66. The van der Waals surface area contributed by atoms with E-state index in [-0.39, 0.29) is 0 Å². The van der Waals surface area contributed by atoms with Crippen LogP contribution in [0, 0.1) is 0 Å². The molecular formula is C25H53N5. The smallest absolute Gasteiger partial charge is 0.0145 e. The highest BCUT2D eigenvalue weighted by Gasteiger charge is 2.15. The predicted octanol–water partition coefficient (Wildman–Crippen LogP) is 4.15. The number of nitrogens with one attached hydrogen (secondary N) is 3. The summed E-state index contributed by atoms with van der Waals surface area (Å²) in [4.78, 5) is 0. The van der Waals surface area contributed by atoms with Crippen molar-refractivity contribution in [2.75, 3.05) is 65.4 Å². The van der Waals surface area contributed by atoms with Gasteiger partial charge in [0, 0.05) is 26.2 Å². The van der Waals surface area contributed by atoms with Crippen LogP contribution in [0.3, 0.4) is 0 Å². The van der Waals surface area contributed by atoms with Gasteiger partial charge in [-0.3, -0.25) is 0 Å². The van der Waals surface area contributed by atoms with E-state index in [4.69, 9.17) is 0 Å². The van der Waals surface area contributed by atoms with Crippen molar-refractivity contribution < 1.29 is 0 Å². The molecule has 0 amide bonds. The molecule has 0 aromatic heterocycles. The lowest BCUT2D eigenvalue weighted by Crippen LogP contribution is -2.46. The normalized spacial score (nSPS) is 26.0. The van der Waals surface area contributed by atoms with Gasteiger partial charge in [-0.25, -0.2) is 10.0 Å². The Labute approximate surface area is 188 Å². The SMILES string of the molecule is C1CCCCCCN(N2CCCNCCCNCCCNCCC2)CCCCCC1. The van der Waals surface area contributed by atoms with Crippen LogP contribution in [0.25, 0.3) is 0 Å². The van der Waals surface area contributed by atoms with E-state index < -0.39 is 0 Å². The second-order valence-corrected chi connectivity index (χ2v) is 9.46. The van der Waals surface area contributed by atoms with Gasteiger partial charge in [0.1, 0.15) is 0 Å². The van der Waals surface area contributed by atoms with E-state index in [1.807, 2.05) is 0 Å². The zero-order valence-corrected chi connectivity index (χ0v) is 20.1. The highest BCUT2D eigenvalue weighted by atomic mass is 15.6. The van der Waals surface area contributed by atoms with Gasteiger partial charge < -0.3 is 16.0 Å². The Morgan fingerprint density at radius 2 is 0.533 bits per heavy atom. The summed E-state index contributed by atoms with van der Waals surface area (Å²) < 4.78 is 0. The van der Waals surface area contributed by atoms with Crippen molar-refractivity contribution in [2.45, 2.75) is 96.3 Å². The first-order chi connectivity index (χ1) is 15.0. The Morgan fingerprint density at radius 3 is 0.900 bits per heavy atom. The van der Waals surface area contributed by atoms with Crippen LogP contribution >= 0.6 is 0 Å². The molecule has 0 unspecified atom stereocenters. The van der Waals surface area contributed by atoms with Crippen molar-refractivity contribution in [1.29, 1.82) is 0 Å². The lowest BCUT2D eigenvalue weighted by molar-refractivity contribution is -0.0297. The molecule has 30 heavy (non-hydrogen) atoms. The van der Waals surface area contributed by atoms with E-state index in [0.717, 1.165) is 39.3 Å². The molecule has 2 rings (SSSR count). The summed E-state index contributed by atoms with van der Waals surface area (Å²) >= 11 is 0. The zero-order valence-electron chi connectivity index (χ0n) is 20.1. The predicted molar refractivity (Wildman–Crippen MR) is 131 cm³/mol. The molecule has 0 spiro atoms. The molecule has 0 radical (unpaired) electrons. The van der Waals surface area contributed by atoms with E-state index in [0.29, 0.717) is 0 Å². The Bertz CT molecular complexity index is 335. The summed E-state index contributed by atoms with van der Waals surface area (Å²) in [6.07, 6.45) is 20.8. The van der Waals surface area contributed by atoms with E-state index in [2.05, 4.69) is 26.0 Å². The minimum absolute atomic E-state index is 1.15. The first kappa shape index (κ1) is 26.1. The van der Waals surface area contributed by atoms with Crippen LogP contribution in [0.4, 0.5) is 0 Å². The summed E-state index contributed by atoms with van der Waals surface area (Å²) in [6.45, 7) is 11.9. The second-order valence-electron chi connectivity index (χ2n) is 9.46. The first-order valence-corrected chi connectivity index (χ1v) is 13.6. The van der Waals surface area contributed by atoms with Crippen LogP contribution in [0.1, 0.15) is 96.3 Å². The average molecular weight is 424 g/mol. The summed E-state index contributed by atoms with van der Waals surface area (Å²) in [6, 6.07) is 0. The van der Waals surface area contributed by atoms with Gasteiger partial charge in [0.15, 0.2) is 0 Å². The summed E-state index contributed by atoms with van der Waals surface area (Å²) in [7, 11) is 0. The fourth-order valence-electron chi connectivity index (χ4n) is 4.79. The Hall–Kier alpha value is -0.200. The van der Waals surface area contributed by atoms with Crippen molar-refractivity contribution in [3.8, 4) is 0 Å². The average Bonchev–Trinajstić information content (AvgIpc) is 2.75. The fourth-order valence-corrected chi connectivity index (χ4v) is 4.79. The van der Waals surface area contributed by atoms with E-state index in [1.165, 1.54) is 122 Å². The lowest BCUT2D eigenvalue weighted by Gasteiger charge is -2.36. The summed E-state index contributed by atoms with van der Waals surface area (Å²) in [5.74, 6) is 0. The summed E-state index contributed by atoms with van der Waals surface area (Å²) in [5, 5.41) is 16.4. The van der Waals surface area contributed by atoms with Crippen molar-refractivity contribution >= 4 is 0 Å². The number of nitrogens with zero attached hydrogens (tertiary/aromatic N) is 2. The highest BCUT2D eigenvalue weighted by molar-refractivity contribution is 4.65. The molecule has 0 aromatic carbocycles. The largest absolute Gasteiger partial charge is 0.317 e. The Morgan fingerprint density at radius 1 is 0.267 bits per heavy atom. The van der Waals surface area contributed by atoms with Crippen molar-refractivity contribution in [1.82, 2.24) is 26.0 Å². The molecule has 0 aliphatic carbocycles. The molecule has 0 aromatic rings. The molecular weight excluding hydrogens is 370 g/mol. The number of rotatable bonds is 1. The van der Waals surface area contributed by atoms with Crippen LogP contribution in [0.15, 0.2) is 0 Å². The number of hydrogen-bond donors (Lipinski definition) is 3. The van der Waals surface area contributed by atoms with Crippen LogP contribution in [-0.2, 0) is 0 Å². The fraction of sp³-hybridized carbons (Fsp3) is 1.00. The van der Waals surface area contributed by atoms with Crippen molar-refractivity contribution in [2.24, 2.45) is 0 Å². The first-order valence-electron chi connectivity index (χ1n) is 13.6. The molecule has 5 nitrogen and oxygen atoms in total. The standard InChI is InChI=1S/C25H53N5/c1-2-4-6-8-10-22-29(23-11-9-7-5-3-1)30-24-14-20-27-18-12-16-26-17-13-19-28-21-15-25-30/h26-28H,1-25H2. The second kappa shape index (κ2) is 19.5. The molecule has 2 heterocycles. The third kappa shape index (κ3) is 14.0. The van der Waals surface area contributed by atoms with E-state index in [9.17, 15) is 0 Å². The highest BCUT2D eigenvalue weighted by Crippen LogP contribution is 2.15. The van der Waals surface area contributed by atoms with Gasteiger partial charge in [-0.05, 0) is 77.8 Å². The molecule has 0 atom stereocenters. The van der Waals surface area contributed by atoms with Crippen molar-refractivity contribution in [3.05, 3.63) is 0 Å². The Balaban J connectivity index is 1.82. The van der Waals surface area contributed by atoms with Gasteiger partial charge in [0.25, 0.3) is 0 Å². The lowest BCUT2D eigenvalue weighted by atomic mass is 10.0. The third-order valence-corrected chi connectivity index (χ3v) is 6.69. The monoisotopic (exact) mass is 423 g/mol. The molecule has 3 N–H and O–H groups in total. The topological polar surface area (TPSA) is 42.6 Å². The van der Waals surface area contributed by atoms with Crippen LogP contribution in [-0.4, -0.2) is 75.5 Å². The maximum atomic E-state index is 3.66. The van der Waals surface area contributed by atoms with Gasteiger partial charge in [-0.1, -0.05) is 57.8 Å². The van der Waals surface area contributed by atoms with Gasteiger partial charge >= 0.3 is 0 Å². The number of hydrazine groups is 1. The van der Waals surface area contributed by atoms with Crippen LogP contribution < -0.4 is 16.0 Å². The van der Waals surface area contributed by atoms with Gasteiger partial charge in [0.05, 0.1) is 0 Å². The van der Waals surface area contributed by atoms with Gasteiger partial charge in [-0.2, -0.15) is 0 Å². The molecule has 0 saturated carbocycles. The van der Waals surface area contributed by atoms with Crippen LogP contribution in [0.5, 0.6) is 0 Å². The van der Waals surface area contributed by atoms with Crippen LogP contribution in [0.2, 0.25) is 0 Å². The molecule has 5 heteroatoms. The third-order valence-electron chi connectivity index (χ3n) is 6.69. The van der Waals surface area contributed by atoms with E-state index in [1.54, 1.807) is 0 Å². The van der Waals surface area contributed by atoms with Gasteiger partial charge in [-0.15, -0.1) is 0 Å². The quantitative estimate of drug-likeness (QED) is 0.591. The minimum atomic E-state index is 1.15. The van der Waals surface area contributed by atoms with E-state index >= 15 is 0 Å². The summed E-state index contributed by atoms with van der Waals surface area (Å²) in [5.41, 5.74) is 0. The molecule has 2 fully saturated rings. The molecule has 2 saturated heterocycles. The maximum Gasteiger partial charge on any atom is 0.0145 e. The molecule has 178 valence electrons. The minimum Gasteiger partial charge on any atom is -0.317 e. The molecule has 2 aliphatic heterocycles. The number of hydrogen-bond acceptors (Lipinski definition) is 5. The van der Waals surface area contributed by atoms with Gasteiger partial charge in [0.2, 0.25) is 0 Å².